The van der Waals surface area contributed by atoms with Crippen molar-refractivity contribution < 1.29 is 9.59 Å². The van der Waals surface area contributed by atoms with E-state index in [1.807, 2.05) is 0 Å². The molecule has 1 aliphatic carbocycles. The molecule has 1 aliphatic heterocycles. The summed E-state index contributed by atoms with van der Waals surface area (Å²) in [5, 5.41) is 12.7. The summed E-state index contributed by atoms with van der Waals surface area (Å²) >= 11 is 1.41. The largest absolute Gasteiger partial charge is 0.360 e. The van der Waals surface area contributed by atoms with E-state index in [2.05, 4.69) is 22.4 Å². The van der Waals surface area contributed by atoms with E-state index in [0.29, 0.717) is 5.01 Å². The van der Waals surface area contributed by atoms with E-state index in [-0.39, 0.29) is 30.2 Å². The predicted octanol–water partition coefficient (Wildman–Crippen LogP) is 1.65. The van der Waals surface area contributed by atoms with E-state index in [1.54, 1.807) is 0 Å². The number of nitrogens with one attached hydrogen (secondary N) is 1. The van der Waals surface area contributed by atoms with E-state index in [9.17, 15) is 9.59 Å². The molecular weight excluding hydrogens is 276 g/mol. The molecule has 7 heteroatoms. The molecule has 6 nitrogen and oxygen atoms in total. The number of hydrogen-bond donors (Lipinski definition) is 1. The van der Waals surface area contributed by atoms with Crippen LogP contribution in [0.3, 0.4) is 0 Å². The molecule has 108 valence electrons. The van der Waals surface area contributed by atoms with Crippen molar-refractivity contribution in [3.8, 4) is 0 Å². The first-order chi connectivity index (χ1) is 9.70. The van der Waals surface area contributed by atoms with Crippen molar-refractivity contribution in [1.82, 2.24) is 15.1 Å². The normalized spacial score (nSPS) is 25.4. The van der Waals surface area contributed by atoms with Crippen molar-refractivity contribution in [2.75, 3.05) is 11.9 Å². The van der Waals surface area contributed by atoms with E-state index in [1.165, 1.54) is 16.2 Å². The van der Waals surface area contributed by atoms with Gasteiger partial charge in [0.15, 0.2) is 0 Å². The summed E-state index contributed by atoms with van der Waals surface area (Å²) in [7, 11) is 0. The SMILES string of the molecule is CCCNc1nnc(CN2C(=O)C3CCCC3C2=O)s1. The summed E-state index contributed by atoms with van der Waals surface area (Å²) in [6.07, 6.45) is 3.71. The molecular formula is C13H18N4O2S. The summed E-state index contributed by atoms with van der Waals surface area (Å²) in [4.78, 5) is 25.8. The highest BCUT2D eigenvalue weighted by Gasteiger charge is 2.49. The van der Waals surface area contributed by atoms with Crippen LogP contribution in [0.15, 0.2) is 0 Å². The third-order valence-corrected chi connectivity index (χ3v) is 4.83. The van der Waals surface area contributed by atoms with E-state index in [4.69, 9.17) is 0 Å². The van der Waals surface area contributed by atoms with E-state index < -0.39 is 0 Å². The smallest absolute Gasteiger partial charge is 0.233 e. The fourth-order valence-corrected chi connectivity index (χ4v) is 3.73. The molecule has 2 fully saturated rings. The van der Waals surface area contributed by atoms with Crippen LogP contribution in [0, 0.1) is 11.8 Å². The van der Waals surface area contributed by atoms with Gasteiger partial charge in [-0.05, 0) is 19.3 Å². The van der Waals surface area contributed by atoms with Gasteiger partial charge in [0.25, 0.3) is 0 Å². The second-order valence-electron chi connectivity index (χ2n) is 5.33. The average Bonchev–Trinajstić information content (AvgIpc) is 3.13. The highest BCUT2D eigenvalue weighted by Crippen LogP contribution is 2.40. The first-order valence-electron chi connectivity index (χ1n) is 7.12. The lowest BCUT2D eigenvalue weighted by molar-refractivity contribution is -0.141. The van der Waals surface area contributed by atoms with Gasteiger partial charge in [-0.3, -0.25) is 14.5 Å². The molecule has 2 amide bonds. The maximum atomic E-state index is 12.2. The molecule has 0 spiro atoms. The Kier molecular flexibility index (Phi) is 3.69. The minimum Gasteiger partial charge on any atom is -0.360 e. The monoisotopic (exact) mass is 294 g/mol. The molecule has 2 aliphatic rings. The first kappa shape index (κ1) is 13.5. The molecule has 2 heterocycles. The van der Waals surface area contributed by atoms with Crippen LogP contribution in [0.4, 0.5) is 5.13 Å². The predicted molar refractivity (Wildman–Crippen MR) is 75.1 cm³/mol. The highest BCUT2D eigenvalue weighted by molar-refractivity contribution is 7.15. The van der Waals surface area contributed by atoms with Gasteiger partial charge in [0.2, 0.25) is 16.9 Å². The van der Waals surface area contributed by atoms with Crippen molar-refractivity contribution in [2.24, 2.45) is 11.8 Å². The summed E-state index contributed by atoms with van der Waals surface area (Å²) < 4.78 is 0. The van der Waals surface area contributed by atoms with Gasteiger partial charge in [0.1, 0.15) is 5.01 Å². The molecule has 1 saturated heterocycles. The van der Waals surface area contributed by atoms with Gasteiger partial charge in [0.05, 0.1) is 18.4 Å². The number of rotatable bonds is 5. The summed E-state index contributed by atoms with van der Waals surface area (Å²) in [6.45, 7) is 3.20. The zero-order valence-corrected chi connectivity index (χ0v) is 12.3. The van der Waals surface area contributed by atoms with Crippen LogP contribution in [0.25, 0.3) is 0 Å². The van der Waals surface area contributed by atoms with Crippen molar-refractivity contribution in [3.63, 3.8) is 0 Å². The fraction of sp³-hybridized carbons (Fsp3) is 0.692. The van der Waals surface area contributed by atoms with Crippen molar-refractivity contribution >= 4 is 28.3 Å². The van der Waals surface area contributed by atoms with Gasteiger partial charge in [-0.25, -0.2) is 0 Å². The number of aromatic nitrogens is 2. The van der Waals surface area contributed by atoms with E-state index >= 15 is 0 Å². The fourth-order valence-electron chi connectivity index (χ4n) is 2.97. The number of imide groups is 1. The number of likely N-dealkylation sites (tertiary alicyclic amines) is 1. The molecule has 1 saturated carbocycles. The number of nitrogens with zero attached hydrogens (tertiary/aromatic N) is 3. The third kappa shape index (κ3) is 2.30. The van der Waals surface area contributed by atoms with Crippen molar-refractivity contribution in [2.45, 2.75) is 39.2 Å². The molecule has 3 rings (SSSR count). The lowest BCUT2D eigenvalue weighted by Crippen LogP contribution is -2.31. The second-order valence-corrected chi connectivity index (χ2v) is 6.40. The topological polar surface area (TPSA) is 75.2 Å². The number of carbonyl (C=O) groups excluding carboxylic acids is 2. The number of amides is 2. The number of hydrogen-bond acceptors (Lipinski definition) is 6. The molecule has 2 unspecified atom stereocenters. The molecule has 0 aromatic carbocycles. The van der Waals surface area contributed by atoms with Crippen molar-refractivity contribution in [1.29, 1.82) is 0 Å². The van der Waals surface area contributed by atoms with Crippen molar-refractivity contribution in [3.05, 3.63) is 5.01 Å². The number of fused-ring (bicyclic) bond motifs is 1. The third-order valence-electron chi connectivity index (χ3n) is 3.97. The van der Waals surface area contributed by atoms with Crippen LogP contribution in [0.5, 0.6) is 0 Å². The zero-order valence-electron chi connectivity index (χ0n) is 11.5. The van der Waals surface area contributed by atoms with Crippen LogP contribution >= 0.6 is 11.3 Å². The molecule has 1 N–H and O–H groups in total. The summed E-state index contributed by atoms with van der Waals surface area (Å²) in [5.41, 5.74) is 0. The van der Waals surface area contributed by atoms with Gasteiger partial charge in [0, 0.05) is 6.54 Å². The Morgan fingerprint density at radius 3 is 2.60 bits per heavy atom. The van der Waals surface area contributed by atoms with Crippen LogP contribution < -0.4 is 5.32 Å². The maximum Gasteiger partial charge on any atom is 0.233 e. The Hall–Kier alpha value is -1.50. The molecule has 2 atom stereocenters. The second kappa shape index (κ2) is 5.47. The van der Waals surface area contributed by atoms with Crippen LogP contribution in [0.2, 0.25) is 0 Å². The Labute approximate surface area is 121 Å². The molecule has 20 heavy (non-hydrogen) atoms. The number of anilines is 1. The quantitative estimate of drug-likeness (QED) is 0.836. The molecule has 1 aromatic rings. The Morgan fingerprint density at radius 2 is 1.95 bits per heavy atom. The van der Waals surface area contributed by atoms with Gasteiger partial charge < -0.3 is 5.32 Å². The Bertz CT molecular complexity index is 508. The highest BCUT2D eigenvalue weighted by atomic mass is 32.1. The number of carbonyl (C=O) groups is 2. The summed E-state index contributed by atoms with van der Waals surface area (Å²) in [6, 6.07) is 0. The van der Waals surface area contributed by atoms with Gasteiger partial charge in [-0.2, -0.15) is 0 Å². The lowest BCUT2D eigenvalue weighted by Gasteiger charge is -2.13. The summed E-state index contributed by atoms with van der Waals surface area (Å²) in [5.74, 6) is -0.187. The standard InChI is InChI=1S/C13H18N4O2S/c1-2-6-14-13-16-15-10(20-13)7-17-11(18)8-4-3-5-9(8)12(17)19/h8-9H,2-7H2,1H3,(H,14,16). The van der Waals surface area contributed by atoms with Crippen LogP contribution in [0.1, 0.15) is 37.6 Å². The zero-order chi connectivity index (χ0) is 14.1. The molecule has 1 aromatic heterocycles. The molecule has 0 bridgehead atoms. The Morgan fingerprint density at radius 1 is 1.25 bits per heavy atom. The van der Waals surface area contributed by atoms with Gasteiger partial charge >= 0.3 is 0 Å². The average molecular weight is 294 g/mol. The van der Waals surface area contributed by atoms with Gasteiger partial charge in [-0.1, -0.05) is 24.7 Å². The lowest BCUT2D eigenvalue weighted by atomic mass is 10.00. The maximum absolute atomic E-state index is 12.2. The van der Waals surface area contributed by atoms with Crippen LogP contribution in [-0.4, -0.2) is 33.5 Å². The van der Waals surface area contributed by atoms with Gasteiger partial charge in [-0.15, -0.1) is 10.2 Å². The molecule has 0 radical (unpaired) electrons. The Balaban J connectivity index is 1.67. The van der Waals surface area contributed by atoms with Crippen LogP contribution in [-0.2, 0) is 16.1 Å². The minimum atomic E-state index is -0.0758. The first-order valence-corrected chi connectivity index (χ1v) is 7.94. The minimum absolute atomic E-state index is 0.0178. The van der Waals surface area contributed by atoms with E-state index in [0.717, 1.165) is 37.4 Å².